The maximum atomic E-state index is 10.9. The molecule has 1 atom stereocenters. The summed E-state index contributed by atoms with van der Waals surface area (Å²) < 4.78 is 1.20. The van der Waals surface area contributed by atoms with E-state index < -0.39 is 23.3 Å². The molecular formula is C19H16Cl2N2O6. The van der Waals surface area contributed by atoms with Crippen molar-refractivity contribution in [1.82, 2.24) is 9.78 Å². The van der Waals surface area contributed by atoms with Crippen molar-refractivity contribution in [3.63, 3.8) is 0 Å². The molecule has 1 heterocycles. The van der Waals surface area contributed by atoms with Crippen molar-refractivity contribution < 1.29 is 29.7 Å². The highest BCUT2D eigenvalue weighted by atomic mass is 35.5. The number of carboxylic acids is 3. The van der Waals surface area contributed by atoms with Crippen LogP contribution in [0.3, 0.4) is 0 Å². The Morgan fingerprint density at radius 1 is 1.07 bits per heavy atom. The number of rotatable bonds is 4. The van der Waals surface area contributed by atoms with E-state index in [0.717, 1.165) is 0 Å². The number of nitrogens with zero attached hydrogens (tertiary/aromatic N) is 2. The minimum atomic E-state index is -1.09. The van der Waals surface area contributed by atoms with Crippen molar-refractivity contribution in [3.8, 4) is 5.69 Å². The van der Waals surface area contributed by atoms with Crippen LogP contribution in [0.4, 0.5) is 0 Å². The fourth-order valence-corrected chi connectivity index (χ4v) is 3.08. The van der Waals surface area contributed by atoms with Gasteiger partial charge in [-0.2, -0.15) is 5.10 Å². The highest BCUT2D eigenvalue weighted by Crippen LogP contribution is 2.31. The van der Waals surface area contributed by atoms with Gasteiger partial charge in [-0.15, -0.1) is 0 Å². The van der Waals surface area contributed by atoms with Crippen molar-refractivity contribution >= 4 is 41.1 Å². The Balaban J connectivity index is 0.000000212. The quantitative estimate of drug-likeness (QED) is 0.658. The van der Waals surface area contributed by atoms with Gasteiger partial charge < -0.3 is 15.3 Å². The Kier molecular flexibility index (Phi) is 6.84. The normalized spacial score (nSPS) is 17.7. The van der Waals surface area contributed by atoms with Crippen LogP contribution in [-0.4, -0.2) is 43.0 Å². The maximum absolute atomic E-state index is 10.9. The number of hydrogen-bond donors (Lipinski definition) is 3. The highest BCUT2D eigenvalue weighted by molar-refractivity contribution is 6.37. The molecule has 3 rings (SSSR count). The predicted octanol–water partition coefficient (Wildman–Crippen LogP) is 3.93. The Labute approximate surface area is 175 Å². The Bertz CT molecular complexity index is 1010. The molecule has 0 saturated heterocycles. The standard InChI is InChI=1S/C10H6Cl2N2O2.C9H10O4/c11-6-2-1-3-7(12)9(6)14-8(10(15)16)4-5-13-14;1-9(8(12)13)4-2-3-6(5-9)7(10)11/h1-5H,(H,15,16);2-4H,5H2,1H3,(H,10,11)(H,12,13). The molecule has 0 spiro atoms. The van der Waals surface area contributed by atoms with Crippen molar-refractivity contribution in [2.75, 3.05) is 0 Å². The van der Waals surface area contributed by atoms with E-state index in [1.165, 1.54) is 42.1 Å². The van der Waals surface area contributed by atoms with Crippen LogP contribution in [0.15, 0.2) is 54.3 Å². The van der Waals surface area contributed by atoms with Gasteiger partial charge in [-0.3, -0.25) is 4.79 Å². The van der Waals surface area contributed by atoms with Crippen LogP contribution in [0, 0.1) is 5.41 Å². The lowest BCUT2D eigenvalue weighted by atomic mass is 9.80. The maximum Gasteiger partial charge on any atom is 0.354 e. The summed E-state index contributed by atoms with van der Waals surface area (Å²) in [5.41, 5.74) is -0.571. The van der Waals surface area contributed by atoms with Crippen LogP contribution >= 0.6 is 23.2 Å². The number of aromatic nitrogens is 2. The van der Waals surface area contributed by atoms with Gasteiger partial charge in [-0.05, 0) is 31.5 Å². The van der Waals surface area contributed by atoms with Gasteiger partial charge >= 0.3 is 17.9 Å². The van der Waals surface area contributed by atoms with Gasteiger partial charge in [0, 0.05) is 5.57 Å². The zero-order valence-corrected chi connectivity index (χ0v) is 16.6. The van der Waals surface area contributed by atoms with Crippen LogP contribution in [0.1, 0.15) is 23.8 Å². The SMILES string of the molecule is CC1(C(=O)O)C=CC=C(C(=O)O)C1.O=C(O)c1ccnn1-c1c(Cl)cccc1Cl. The number of aliphatic carboxylic acids is 2. The number of para-hydroxylation sites is 1. The molecule has 0 amide bonds. The van der Waals surface area contributed by atoms with Gasteiger partial charge in [-0.1, -0.05) is 47.5 Å². The third kappa shape index (κ3) is 5.04. The fraction of sp³-hybridized carbons (Fsp3) is 0.158. The van der Waals surface area contributed by atoms with E-state index in [-0.39, 0.29) is 17.7 Å². The van der Waals surface area contributed by atoms with Gasteiger partial charge in [0.25, 0.3) is 0 Å². The summed E-state index contributed by atoms with van der Waals surface area (Å²) in [6.45, 7) is 1.50. The molecule has 1 aliphatic carbocycles. The van der Waals surface area contributed by atoms with E-state index in [0.29, 0.717) is 15.7 Å². The topological polar surface area (TPSA) is 130 Å². The molecule has 10 heteroatoms. The number of carbonyl (C=O) groups is 3. The number of allylic oxidation sites excluding steroid dienone is 2. The first-order valence-electron chi connectivity index (χ1n) is 8.13. The second-order valence-electron chi connectivity index (χ2n) is 6.26. The van der Waals surface area contributed by atoms with E-state index in [2.05, 4.69) is 5.10 Å². The zero-order chi connectivity index (χ0) is 21.8. The molecule has 1 unspecified atom stereocenters. The molecule has 0 radical (unpaired) electrons. The molecule has 0 bridgehead atoms. The Hall–Kier alpha value is -3.10. The van der Waals surface area contributed by atoms with Crippen molar-refractivity contribution in [3.05, 3.63) is 70.0 Å². The van der Waals surface area contributed by atoms with Gasteiger partial charge in [0.2, 0.25) is 0 Å². The molecule has 1 aromatic heterocycles. The van der Waals surface area contributed by atoms with E-state index in [1.54, 1.807) is 18.2 Å². The van der Waals surface area contributed by atoms with E-state index >= 15 is 0 Å². The van der Waals surface area contributed by atoms with Gasteiger partial charge in [0.15, 0.2) is 5.69 Å². The van der Waals surface area contributed by atoms with E-state index in [4.69, 9.17) is 38.5 Å². The van der Waals surface area contributed by atoms with Crippen LogP contribution in [0.25, 0.3) is 5.69 Å². The lowest BCUT2D eigenvalue weighted by Gasteiger charge is -2.23. The molecule has 0 aliphatic heterocycles. The van der Waals surface area contributed by atoms with Crippen LogP contribution in [0.2, 0.25) is 10.0 Å². The summed E-state index contributed by atoms with van der Waals surface area (Å²) in [5, 5.41) is 31.0. The molecule has 152 valence electrons. The number of aromatic carboxylic acids is 1. The number of benzene rings is 1. The third-order valence-electron chi connectivity index (χ3n) is 4.09. The number of carboxylic acid groups (broad SMARTS) is 3. The average Bonchev–Trinajstić information content (AvgIpc) is 3.12. The van der Waals surface area contributed by atoms with Crippen LogP contribution in [-0.2, 0) is 9.59 Å². The molecule has 0 fully saturated rings. The summed E-state index contributed by atoms with van der Waals surface area (Å²) in [4.78, 5) is 32.3. The second kappa shape index (κ2) is 8.93. The van der Waals surface area contributed by atoms with Crippen LogP contribution < -0.4 is 0 Å². The minimum absolute atomic E-state index is 0.00926. The molecule has 1 aromatic carbocycles. The van der Waals surface area contributed by atoms with Crippen molar-refractivity contribution in [2.24, 2.45) is 5.41 Å². The second-order valence-corrected chi connectivity index (χ2v) is 7.07. The van der Waals surface area contributed by atoms with Gasteiger partial charge in [0.05, 0.1) is 21.7 Å². The van der Waals surface area contributed by atoms with E-state index in [1.807, 2.05) is 0 Å². The first-order chi connectivity index (χ1) is 13.6. The summed E-state index contributed by atoms with van der Waals surface area (Å²) >= 11 is 11.9. The number of halogens is 2. The molecule has 3 N–H and O–H groups in total. The zero-order valence-electron chi connectivity index (χ0n) is 15.0. The molecule has 29 heavy (non-hydrogen) atoms. The van der Waals surface area contributed by atoms with E-state index in [9.17, 15) is 14.4 Å². The Morgan fingerprint density at radius 3 is 2.21 bits per heavy atom. The fourth-order valence-electron chi connectivity index (χ4n) is 2.52. The lowest BCUT2D eigenvalue weighted by Crippen LogP contribution is -2.28. The minimum Gasteiger partial charge on any atom is -0.481 e. The summed E-state index contributed by atoms with van der Waals surface area (Å²) in [7, 11) is 0. The van der Waals surface area contributed by atoms with Crippen molar-refractivity contribution in [2.45, 2.75) is 13.3 Å². The summed E-state index contributed by atoms with van der Waals surface area (Å²) in [6.07, 6.45) is 5.81. The molecule has 0 saturated carbocycles. The Morgan fingerprint density at radius 2 is 1.69 bits per heavy atom. The third-order valence-corrected chi connectivity index (χ3v) is 4.70. The largest absolute Gasteiger partial charge is 0.481 e. The average molecular weight is 439 g/mol. The molecular weight excluding hydrogens is 423 g/mol. The van der Waals surface area contributed by atoms with Gasteiger partial charge in [0.1, 0.15) is 5.69 Å². The molecule has 8 nitrogen and oxygen atoms in total. The molecule has 1 aliphatic rings. The first-order valence-corrected chi connectivity index (χ1v) is 8.89. The van der Waals surface area contributed by atoms with Crippen molar-refractivity contribution in [1.29, 1.82) is 0 Å². The smallest absolute Gasteiger partial charge is 0.354 e. The molecule has 2 aromatic rings. The predicted molar refractivity (Wildman–Crippen MR) is 106 cm³/mol. The summed E-state index contributed by atoms with van der Waals surface area (Å²) in [5.74, 6) is -3.15. The van der Waals surface area contributed by atoms with Crippen LogP contribution in [0.5, 0.6) is 0 Å². The summed E-state index contributed by atoms with van der Waals surface area (Å²) in [6, 6.07) is 6.30. The first kappa shape index (κ1) is 22.2. The highest BCUT2D eigenvalue weighted by Gasteiger charge is 2.34. The monoisotopic (exact) mass is 438 g/mol. The number of hydrogen-bond acceptors (Lipinski definition) is 4. The lowest BCUT2D eigenvalue weighted by molar-refractivity contribution is -0.145. The van der Waals surface area contributed by atoms with Gasteiger partial charge in [-0.25, -0.2) is 14.3 Å².